The standard InChI is InChI=1S/C21H15F2N3O4S2/c1-30-13-6-8-14(9-7-13)32(28,29)26-17-5-3-2-4-15(17)20(27)25-21-24-19-16(23)10-12(22)11-18(19)31-21/h2-11,26H,1H3,(H,24,25,27). The van der Waals surface area contributed by atoms with Crippen LogP contribution in [0.2, 0.25) is 0 Å². The third kappa shape index (κ3) is 4.39. The highest BCUT2D eigenvalue weighted by Gasteiger charge is 2.20. The van der Waals surface area contributed by atoms with E-state index in [0.29, 0.717) is 11.8 Å². The van der Waals surface area contributed by atoms with Gasteiger partial charge in [-0.05, 0) is 42.5 Å². The smallest absolute Gasteiger partial charge is 0.261 e. The van der Waals surface area contributed by atoms with Gasteiger partial charge in [-0.2, -0.15) is 0 Å². The summed E-state index contributed by atoms with van der Waals surface area (Å²) in [6.07, 6.45) is 0. The van der Waals surface area contributed by atoms with Gasteiger partial charge >= 0.3 is 0 Å². The summed E-state index contributed by atoms with van der Waals surface area (Å²) in [7, 11) is -2.52. The summed E-state index contributed by atoms with van der Waals surface area (Å²) in [4.78, 5) is 16.8. The highest BCUT2D eigenvalue weighted by atomic mass is 32.2. The number of nitrogens with zero attached hydrogens (tertiary/aromatic N) is 1. The second kappa shape index (κ2) is 8.52. The van der Waals surface area contributed by atoms with Crippen LogP contribution in [-0.4, -0.2) is 26.4 Å². The number of ether oxygens (including phenoxy) is 1. The van der Waals surface area contributed by atoms with Crippen molar-refractivity contribution in [3.63, 3.8) is 0 Å². The number of thiazole rings is 1. The van der Waals surface area contributed by atoms with E-state index < -0.39 is 27.6 Å². The van der Waals surface area contributed by atoms with E-state index in [4.69, 9.17) is 4.74 Å². The lowest BCUT2D eigenvalue weighted by molar-refractivity contribution is 0.102. The number of hydrogen-bond acceptors (Lipinski definition) is 6. The number of amides is 1. The number of sulfonamides is 1. The minimum Gasteiger partial charge on any atom is -0.497 e. The quantitative estimate of drug-likeness (QED) is 0.424. The number of benzene rings is 3. The van der Waals surface area contributed by atoms with Crippen LogP contribution in [-0.2, 0) is 10.0 Å². The molecule has 0 spiro atoms. The summed E-state index contributed by atoms with van der Waals surface area (Å²) in [5.41, 5.74) is -0.00477. The number of hydrogen-bond donors (Lipinski definition) is 2. The van der Waals surface area contributed by atoms with E-state index in [1.807, 2.05) is 0 Å². The third-order valence-corrected chi connectivity index (χ3v) is 6.72. The highest BCUT2D eigenvalue weighted by Crippen LogP contribution is 2.30. The first-order valence-electron chi connectivity index (χ1n) is 9.09. The lowest BCUT2D eigenvalue weighted by Gasteiger charge is -2.12. The maximum atomic E-state index is 13.9. The Morgan fingerprint density at radius 2 is 1.78 bits per heavy atom. The Hall–Kier alpha value is -3.57. The van der Waals surface area contributed by atoms with Gasteiger partial charge in [-0.3, -0.25) is 14.8 Å². The molecule has 32 heavy (non-hydrogen) atoms. The first-order valence-corrected chi connectivity index (χ1v) is 11.4. The fourth-order valence-electron chi connectivity index (χ4n) is 2.90. The summed E-state index contributed by atoms with van der Waals surface area (Å²) in [6, 6.07) is 13.6. The van der Waals surface area contributed by atoms with Gasteiger partial charge in [0, 0.05) is 6.07 Å². The Balaban J connectivity index is 1.60. The van der Waals surface area contributed by atoms with Crippen LogP contribution >= 0.6 is 11.3 Å². The van der Waals surface area contributed by atoms with Gasteiger partial charge in [0.1, 0.15) is 17.1 Å². The molecule has 0 aliphatic rings. The van der Waals surface area contributed by atoms with E-state index in [-0.39, 0.29) is 31.5 Å². The summed E-state index contributed by atoms with van der Waals surface area (Å²) in [5.74, 6) is -1.77. The van der Waals surface area contributed by atoms with Crippen molar-refractivity contribution >= 4 is 48.3 Å². The molecule has 4 rings (SSSR count). The highest BCUT2D eigenvalue weighted by molar-refractivity contribution is 7.92. The molecule has 7 nitrogen and oxygen atoms in total. The fourth-order valence-corrected chi connectivity index (χ4v) is 4.88. The number of para-hydroxylation sites is 1. The van der Waals surface area contributed by atoms with E-state index in [9.17, 15) is 22.0 Å². The topological polar surface area (TPSA) is 97.4 Å². The van der Waals surface area contributed by atoms with Crippen LogP contribution in [0.1, 0.15) is 10.4 Å². The zero-order valence-corrected chi connectivity index (χ0v) is 18.1. The maximum absolute atomic E-state index is 13.9. The van der Waals surface area contributed by atoms with Gasteiger partial charge in [-0.1, -0.05) is 23.5 Å². The zero-order valence-electron chi connectivity index (χ0n) is 16.4. The number of fused-ring (bicyclic) bond motifs is 1. The van der Waals surface area contributed by atoms with E-state index in [0.717, 1.165) is 17.4 Å². The number of methoxy groups -OCH3 is 1. The van der Waals surface area contributed by atoms with Crippen LogP contribution in [0, 0.1) is 11.6 Å². The van der Waals surface area contributed by atoms with Crippen molar-refractivity contribution in [2.75, 3.05) is 17.1 Å². The molecule has 1 aromatic heterocycles. The Labute approximate surface area is 185 Å². The van der Waals surface area contributed by atoms with Gasteiger partial charge in [0.2, 0.25) is 0 Å². The maximum Gasteiger partial charge on any atom is 0.261 e. The molecule has 0 aliphatic heterocycles. The van der Waals surface area contributed by atoms with Gasteiger partial charge in [0.05, 0.1) is 28.0 Å². The molecule has 0 bridgehead atoms. The zero-order chi connectivity index (χ0) is 22.9. The van der Waals surface area contributed by atoms with E-state index in [1.165, 1.54) is 43.5 Å². The van der Waals surface area contributed by atoms with Gasteiger partial charge in [0.15, 0.2) is 10.9 Å². The number of aromatic nitrogens is 1. The fraction of sp³-hybridized carbons (Fsp3) is 0.0476. The van der Waals surface area contributed by atoms with Crippen molar-refractivity contribution in [1.29, 1.82) is 0 Å². The van der Waals surface area contributed by atoms with Crippen LogP contribution in [0.25, 0.3) is 10.2 Å². The molecule has 0 unspecified atom stereocenters. The third-order valence-electron chi connectivity index (χ3n) is 4.42. The summed E-state index contributed by atoms with van der Waals surface area (Å²) < 4.78 is 60.4. The molecular weight excluding hydrogens is 460 g/mol. The lowest BCUT2D eigenvalue weighted by Crippen LogP contribution is -2.18. The van der Waals surface area contributed by atoms with Crippen LogP contribution in [0.5, 0.6) is 5.75 Å². The van der Waals surface area contributed by atoms with Gasteiger partial charge in [-0.15, -0.1) is 0 Å². The minimum atomic E-state index is -3.99. The van der Waals surface area contributed by atoms with Crippen LogP contribution in [0.4, 0.5) is 19.6 Å². The molecule has 4 aromatic rings. The minimum absolute atomic E-state index is 0.0165. The lowest BCUT2D eigenvalue weighted by atomic mass is 10.2. The van der Waals surface area contributed by atoms with Gasteiger partial charge in [-0.25, -0.2) is 22.2 Å². The van der Waals surface area contributed by atoms with Gasteiger partial charge < -0.3 is 4.74 Å². The predicted molar refractivity (Wildman–Crippen MR) is 118 cm³/mol. The molecule has 0 radical (unpaired) electrons. The molecule has 1 amide bonds. The number of carbonyl (C=O) groups excluding carboxylic acids is 1. The predicted octanol–water partition coefficient (Wildman–Crippen LogP) is 4.64. The second-order valence-corrected chi connectivity index (χ2v) is 9.25. The number of anilines is 2. The molecule has 0 aliphatic carbocycles. The van der Waals surface area contributed by atoms with Crippen molar-refractivity contribution in [1.82, 2.24) is 4.98 Å². The normalized spacial score (nSPS) is 11.3. The first kappa shape index (κ1) is 21.7. The number of rotatable bonds is 6. The van der Waals surface area contributed by atoms with Crippen LogP contribution in [0.3, 0.4) is 0 Å². The van der Waals surface area contributed by atoms with Gasteiger partial charge in [0.25, 0.3) is 15.9 Å². The summed E-state index contributed by atoms with van der Waals surface area (Å²) in [5, 5.41) is 2.55. The van der Waals surface area contributed by atoms with Crippen LogP contribution in [0.15, 0.2) is 65.6 Å². The molecule has 0 fully saturated rings. The molecule has 164 valence electrons. The molecule has 3 aromatic carbocycles. The summed E-state index contributed by atoms with van der Waals surface area (Å²) in [6.45, 7) is 0. The second-order valence-electron chi connectivity index (χ2n) is 6.53. The van der Waals surface area contributed by atoms with E-state index in [1.54, 1.807) is 12.1 Å². The average molecular weight is 475 g/mol. The largest absolute Gasteiger partial charge is 0.497 e. The monoisotopic (exact) mass is 475 g/mol. The Morgan fingerprint density at radius 1 is 1.06 bits per heavy atom. The van der Waals surface area contributed by atoms with Crippen molar-refractivity contribution in [3.8, 4) is 5.75 Å². The van der Waals surface area contributed by atoms with E-state index in [2.05, 4.69) is 15.0 Å². The SMILES string of the molecule is COc1ccc(S(=O)(=O)Nc2ccccc2C(=O)Nc2nc3c(F)cc(F)cc3s2)cc1. The molecular formula is C21H15F2N3O4S2. The summed E-state index contributed by atoms with van der Waals surface area (Å²) >= 11 is 0.894. The number of halogens is 2. The Bertz CT molecular complexity index is 1420. The first-order chi connectivity index (χ1) is 15.3. The number of nitrogens with one attached hydrogen (secondary N) is 2. The molecule has 1 heterocycles. The van der Waals surface area contributed by atoms with Crippen molar-refractivity contribution < 1.29 is 26.7 Å². The van der Waals surface area contributed by atoms with E-state index >= 15 is 0 Å². The van der Waals surface area contributed by atoms with Crippen molar-refractivity contribution in [2.45, 2.75) is 4.90 Å². The van der Waals surface area contributed by atoms with Crippen molar-refractivity contribution in [3.05, 3.63) is 77.9 Å². The van der Waals surface area contributed by atoms with Crippen LogP contribution < -0.4 is 14.8 Å². The molecule has 11 heteroatoms. The molecule has 0 atom stereocenters. The molecule has 2 N–H and O–H groups in total. The number of carbonyl (C=O) groups is 1. The molecule has 0 saturated heterocycles. The Kier molecular flexibility index (Phi) is 5.76. The Morgan fingerprint density at radius 3 is 2.50 bits per heavy atom. The van der Waals surface area contributed by atoms with Crippen molar-refractivity contribution in [2.24, 2.45) is 0 Å². The average Bonchev–Trinajstić information content (AvgIpc) is 3.16. The molecule has 0 saturated carbocycles.